The van der Waals surface area contributed by atoms with E-state index in [1.54, 1.807) is 0 Å². The molecule has 1 N–H and O–H groups in total. The predicted molar refractivity (Wildman–Crippen MR) is 52.6 cm³/mol. The quantitative estimate of drug-likeness (QED) is 0.560. The van der Waals surface area contributed by atoms with Crippen molar-refractivity contribution in [1.29, 1.82) is 0 Å². The van der Waals surface area contributed by atoms with Crippen LogP contribution in [0.3, 0.4) is 0 Å². The van der Waals surface area contributed by atoms with Crippen molar-refractivity contribution in [3.63, 3.8) is 0 Å². The molecule has 0 saturated heterocycles. The number of hydrogen-bond donors (Lipinski definition) is 1. The lowest BCUT2D eigenvalue weighted by atomic mass is 10.4. The SMILES string of the molecule is C=CCCNc1nnc(C)c(C)n1. The number of aromatic nitrogens is 3. The van der Waals surface area contributed by atoms with Crippen LogP contribution in [0, 0.1) is 13.8 Å². The van der Waals surface area contributed by atoms with E-state index in [0.717, 1.165) is 24.4 Å². The lowest BCUT2D eigenvalue weighted by Crippen LogP contribution is -2.07. The fourth-order valence-electron chi connectivity index (χ4n) is 0.818. The van der Waals surface area contributed by atoms with Gasteiger partial charge in [0, 0.05) is 6.54 Å². The van der Waals surface area contributed by atoms with Gasteiger partial charge in [-0.25, -0.2) is 4.98 Å². The first-order chi connectivity index (χ1) is 6.24. The van der Waals surface area contributed by atoms with Gasteiger partial charge < -0.3 is 5.32 Å². The Morgan fingerprint density at radius 3 is 2.69 bits per heavy atom. The molecule has 0 aliphatic rings. The largest absolute Gasteiger partial charge is 0.353 e. The van der Waals surface area contributed by atoms with Gasteiger partial charge in [0.2, 0.25) is 5.95 Å². The highest BCUT2D eigenvalue weighted by Crippen LogP contribution is 2.01. The van der Waals surface area contributed by atoms with Crippen molar-refractivity contribution >= 4 is 5.95 Å². The first-order valence-corrected chi connectivity index (χ1v) is 4.26. The Balaban J connectivity index is 2.57. The van der Waals surface area contributed by atoms with E-state index in [2.05, 4.69) is 27.1 Å². The summed E-state index contributed by atoms with van der Waals surface area (Å²) < 4.78 is 0. The van der Waals surface area contributed by atoms with Gasteiger partial charge in [0.05, 0.1) is 11.4 Å². The molecular formula is C9H14N4. The number of hydrogen-bond acceptors (Lipinski definition) is 4. The number of nitrogens with zero attached hydrogens (tertiary/aromatic N) is 3. The van der Waals surface area contributed by atoms with E-state index in [1.807, 2.05) is 19.9 Å². The minimum absolute atomic E-state index is 0.588. The summed E-state index contributed by atoms with van der Waals surface area (Å²) in [5, 5.41) is 10.9. The van der Waals surface area contributed by atoms with Crippen molar-refractivity contribution in [2.45, 2.75) is 20.3 Å². The second-order valence-electron chi connectivity index (χ2n) is 2.81. The Labute approximate surface area is 78.1 Å². The van der Waals surface area contributed by atoms with Crippen molar-refractivity contribution < 1.29 is 0 Å². The van der Waals surface area contributed by atoms with Crippen molar-refractivity contribution in [2.24, 2.45) is 0 Å². The molecule has 0 aliphatic heterocycles. The standard InChI is InChI=1S/C9H14N4/c1-4-5-6-10-9-11-7(2)8(3)12-13-9/h4H,1,5-6H2,2-3H3,(H,10,11,13). The van der Waals surface area contributed by atoms with Crippen molar-refractivity contribution in [2.75, 3.05) is 11.9 Å². The molecule has 4 heteroatoms. The van der Waals surface area contributed by atoms with Crippen molar-refractivity contribution in [1.82, 2.24) is 15.2 Å². The predicted octanol–water partition coefficient (Wildman–Crippen LogP) is 1.48. The van der Waals surface area contributed by atoms with Crippen LogP contribution < -0.4 is 5.32 Å². The van der Waals surface area contributed by atoms with Crippen LogP contribution >= 0.6 is 0 Å². The molecule has 70 valence electrons. The fraction of sp³-hybridized carbons (Fsp3) is 0.444. The van der Waals surface area contributed by atoms with E-state index < -0.39 is 0 Å². The third kappa shape index (κ3) is 2.82. The molecule has 0 aliphatic carbocycles. The fourth-order valence-corrected chi connectivity index (χ4v) is 0.818. The molecule has 1 heterocycles. The van der Waals surface area contributed by atoms with Crippen LogP contribution in [-0.2, 0) is 0 Å². The number of aryl methyl sites for hydroxylation is 2. The van der Waals surface area contributed by atoms with E-state index in [0.29, 0.717) is 5.95 Å². The van der Waals surface area contributed by atoms with E-state index in [9.17, 15) is 0 Å². The molecule has 0 fully saturated rings. The molecule has 0 unspecified atom stereocenters. The van der Waals surface area contributed by atoms with Crippen LogP contribution in [0.1, 0.15) is 17.8 Å². The van der Waals surface area contributed by atoms with Gasteiger partial charge in [-0.15, -0.1) is 11.7 Å². The maximum absolute atomic E-state index is 4.23. The van der Waals surface area contributed by atoms with E-state index >= 15 is 0 Å². The highest BCUT2D eigenvalue weighted by atomic mass is 15.2. The zero-order valence-electron chi connectivity index (χ0n) is 8.04. The van der Waals surface area contributed by atoms with Crippen molar-refractivity contribution in [3.8, 4) is 0 Å². The molecule has 0 saturated carbocycles. The summed E-state index contributed by atoms with van der Waals surface area (Å²) >= 11 is 0. The maximum atomic E-state index is 4.23. The zero-order chi connectivity index (χ0) is 9.68. The molecule has 1 aromatic heterocycles. The van der Waals surface area contributed by atoms with Crippen LogP contribution in [0.15, 0.2) is 12.7 Å². The third-order valence-electron chi connectivity index (χ3n) is 1.72. The molecular weight excluding hydrogens is 164 g/mol. The Kier molecular flexibility index (Phi) is 3.37. The summed E-state index contributed by atoms with van der Waals surface area (Å²) in [7, 11) is 0. The highest BCUT2D eigenvalue weighted by molar-refractivity contribution is 5.24. The summed E-state index contributed by atoms with van der Waals surface area (Å²) in [5.74, 6) is 0.588. The van der Waals surface area contributed by atoms with E-state index in [4.69, 9.17) is 0 Å². The lowest BCUT2D eigenvalue weighted by molar-refractivity contribution is 0.882. The van der Waals surface area contributed by atoms with Crippen LogP contribution in [0.2, 0.25) is 0 Å². The zero-order valence-corrected chi connectivity index (χ0v) is 8.04. The average molecular weight is 178 g/mol. The van der Waals surface area contributed by atoms with E-state index in [-0.39, 0.29) is 0 Å². The van der Waals surface area contributed by atoms with Gasteiger partial charge in [0.15, 0.2) is 0 Å². The maximum Gasteiger partial charge on any atom is 0.242 e. The monoisotopic (exact) mass is 178 g/mol. The molecule has 0 spiro atoms. The molecule has 13 heavy (non-hydrogen) atoms. The van der Waals surface area contributed by atoms with Crippen LogP contribution in [0.25, 0.3) is 0 Å². The third-order valence-corrected chi connectivity index (χ3v) is 1.72. The van der Waals surface area contributed by atoms with Gasteiger partial charge in [-0.3, -0.25) is 0 Å². The highest BCUT2D eigenvalue weighted by Gasteiger charge is 1.98. The number of rotatable bonds is 4. The summed E-state index contributed by atoms with van der Waals surface area (Å²) in [6.07, 6.45) is 2.75. The van der Waals surface area contributed by atoms with Gasteiger partial charge in [-0.2, -0.15) is 5.10 Å². The average Bonchev–Trinajstić information content (AvgIpc) is 2.12. The van der Waals surface area contributed by atoms with Crippen LogP contribution in [0.5, 0.6) is 0 Å². The molecule has 0 atom stereocenters. The van der Waals surface area contributed by atoms with Crippen molar-refractivity contribution in [3.05, 3.63) is 24.0 Å². The lowest BCUT2D eigenvalue weighted by Gasteiger charge is -2.03. The topological polar surface area (TPSA) is 50.7 Å². The molecule has 0 bridgehead atoms. The second kappa shape index (κ2) is 4.54. The number of nitrogens with one attached hydrogen (secondary N) is 1. The first-order valence-electron chi connectivity index (χ1n) is 4.26. The molecule has 0 amide bonds. The van der Waals surface area contributed by atoms with Gasteiger partial charge in [0.1, 0.15) is 0 Å². The van der Waals surface area contributed by atoms with Crippen LogP contribution in [-0.4, -0.2) is 21.7 Å². The van der Waals surface area contributed by atoms with E-state index in [1.165, 1.54) is 0 Å². The molecule has 0 radical (unpaired) electrons. The summed E-state index contributed by atoms with van der Waals surface area (Å²) in [5.41, 5.74) is 1.78. The van der Waals surface area contributed by atoms with Gasteiger partial charge in [0.25, 0.3) is 0 Å². The number of anilines is 1. The molecule has 0 aromatic carbocycles. The van der Waals surface area contributed by atoms with Gasteiger partial charge >= 0.3 is 0 Å². The van der Waals surface area contributed by atoms with Gasteiger partial charge in [-0.05, 0) is 20.3 Å². The second-order valence-corrected chi connectivity index (χ2v) is 2.81. The summed E-state index contributed by atoms with van der Waals surface area (Å²) in [6.45, 7) is 8.24. The minimum atomic E-state index is 0.588. The smallest absolute Gasteiger partial charge is 0.242 e. The Morgan fingerprint density at radius 2 is 2.08 bits per heavy atom. The Morgan fingerprint density at radius 1 is 1.31 bits per heavy atom. The molecule has 4 nitrogen and oxygen atoms in total. The normalized spacial score (nSPS) is 9.69. The Hall–Kier alpha value is -1.45. The summed E-state index contributed by atoms with van der Waals surface area (Å²) in [4.78, 5) is 4.23. The minimum Gasteiger partial charge on any atom is -0.353 e. The molecule has 1 rings (SSSR count). The summed E-state index contributed by atoms with van der Waals surface area (Å²) in [6, 6.07) is 0. The van der Waals surface area contributed by atoms with Crippen LogP contribution in [0.4, 0.5) is 5.95 Å². The Bertz CT molecular complexity index is 296. The first kappa shape index (κ1) is 9.64. The molecule has 1 aromatic rings. The van der Waals surface area contributed by atoms with Gasteiger partial charge in [-0.1, -0.05) is 6.08 Å².